The molecule has 2 aliphatic rings. The molecule has 1 aliphatic heterocycles. The Labute approximate surface area is 200 Å². The van der Waals surface area contributed by atoms with Gasteiger partial charge in [-0.05, 0) is 25.0 Å². The number of aromatic nitrogens is 1. The molecule has 2 fully saturated rings. The van der Waals surface area contributed by atoms with Crippen LogP contribution in [0.15, 0.2) is 47.4 Å². The van der Waals surface area contributed by atoms with Crippen LogP contribution in [0.4, 0.5) is 26.3 Å². The van der Waals surface area contributed by atoms with Crippen LogP contribution in [-0.2, 0) is 20.9 Å². The van der Waals surface area contributed by atoms with Crippen molar-refractivity contribution in [3.63, 3.8) is 0 Å². The highest BCUT2D eigenvalue weighted by molar-refractivity contribution is 5.73. The van der Waals surface area contributed by atoms with Crippen LogP contribution < -0.4 is 4.74 Å². The minimum Gasteiger partial charge on any atom is -0.475 e. The van der Waals surface area contributed by atoms with E-state index in [-0.39, 0.29) is 12.2 Å². The van der Waals surface area contributed by atoms with Gasteiger partial charge in [0.25, 0.3) is 0 Å². The number of hydrogen-bond donors (Lipinski definition) is 2. The van der Waals surface area contributed by atoms with Gasteiger partial charge in [-0.2, -0.15) is 26.3 Å². The Balaban J connectivity index is 0.000000271. The van der Waals surface area contributed by atoms with E-state index < -0.39 is 24.3 Å². The molecular formula is C21H22F6N2O7. The smallest absolute Gasteiger partial charge is 0.475 e. The van der Waals surface area contributed by atoms with E-state index >= 15 is 0 Å². The van der Waals surface area contributed by atoms with Crippen LogP contribution in [0, 0.1) is 0 Å². The molecule has 4 rings (SSSR count). The van der Waals surface area contributed by atoms with Crippen molar-refractivity contribution in [2.24, 2.45) is 0 Å². The van der Waals surface area contributed by atoms with Crippen molar-refractivity contribution in [3.05, 3.63) is 48.6 Å². The highest BCUT2D eigenvalue weighted by atomic mass is 19.4. The Morgan fingerprint density at radius 1 is 1.06 bits per heavy atom. The highest BCUT2D eigenvalue weighted by Crippen LogP contribution is 2.33. The molecule has 1 saturated heterocycles. The van der Waals surface area contributed by atoms with E-state index in [0.717, 1.165) is 32.5 Å². The first-order valence-corrected chi connectivity index (χ1v) is 10.3. The lowest BCUT2D eigenvalue weighted by Crippen LogP contribution is -2.51. The number of carbonyl (C=O) groups is 2. The number of halogens is 6. The number of alkyl halides is 6. The maximum Gasteiger partial charge on any atom is 0.490 e. The Morgan fingerprint density at radius 2 is 1.69 bits per heavy atom. The van der Waals surface area contributed by atoms with E-state index in [4.69, 9.17) is 33.7 Å². The van der Waals surface area contributed by atoms with Crippen LogP contribution in [0.1, 0.15) is 18.4 Å². The largest absolute Gasteiger partial charge is 0.490 e. The Bertz CT molecular complexity index is 930. The van der Waals surface area contributed by atoms with E-state index in [1.165, 1.54) is 5.56 Å². The number of morpholine rings is 1. The van der Waals surface area contributed by atoms with Gasteiger partial charge in [-0.1, -0.05) is 6.07 Å². The summed E-state index contributed by atoms with van der Waals surface area (Å²) < 4.78 is 80.7. The molecular weight excluding hydrogens is 506 g/mol. The van der Waals surface area contributed by atoms with E-state index in [1.807, 2.05) is 30.5 Å². The van der Waals surface area contributed by atoms with Crippen molar-refractivity contribution in [2.45, 2.75) is 50.0 Å². The summed E-state index contributed by atoms with van der Waals surface area (Å²) in [5.74, 6) is -4.83. The molecule has 2 aromatic heterocycles. The zero-order valence-corrected chi connectivity index (χ0v) is 18.4. The average Bonchev–Trinajstić information content (AvgIpc) is 3.45. The SMILES string of the molecule is O=C(O)C(F)(F)F.O=C(O)C(F)(F)F.c1ccc(O[C@@H]2CC[C@H]3[C@H]2OCCN3Cc2ccoc2)nc1. The van der Waals surface area contributed by atoms with Crippen molar-refractivity contribution in [3.8, 4) is 5.88 Å². The molecule has 2 aromatic rings. The number of aliphatic carboxylic acids is 2. The van der Waals surface area contributed by atoms with Crippen LogP contribution in [0.3, 0.4) is 0 Å². The Morgan fingerprint density at radius 3 is 2.19 bits per heavy atom. The number of furan rings is 1. The second kappa shape index (κ2) is 12.6. The van der Waals surface area contributed by atoms with Crippen LogP contribution >= 0.6 is 0 Å². The first-order valence-electron chi connectivity index (χ1n) is 10.3. The molecule has 0 unspecified atom stereocenters. The van der Waals surface area contributed by atoms with Gasteiger partial charge in [-0.3, -0.25) is 4.90 Å². The Kier molecular flexibility index (Phi) is 10.1. The minimum absolute atomic E-state index is 0.0899. The number of carboxylic acid groups (broad SMARTS) is 2. The first kappa shape index (κ1) is 28.9. The summed E-state index contributed by atoms with van der Waals surface area (Å²) in [4.78, 5) is 24.5. The number of pyridine rings is 1. The lowest BCUT2D eigenvalue weighted by Gasteiger charge is -2.38. The summed E-state index contributed by atoms with van der Waals surface area (Å²) in [5, 5.41) is 14.2. The molecule has 1 aliphatic carbocycles. The summed E-state index contributed by atoms with van der Waals surface area (Å²) in [5.41, 5.74) is 1.22. The summed E-state index contributed by atoms with van der Waals surface area (Å²) in [6, 6.07) is 8.19. The molecule has 3 atom stereocenters. The normalized spacial score (nSPS) is 21.8. The maximum atomic E-state index is 10.6. The lowest BCUT2D eigenvalue weighted by molar-refractivity contribution is -0.193. The van der Waals surface area contributed by atoms with E-state index in [0.29, 0.717) is 11.9 Å². The second-order valence-electron chi connectivity index (χ2n) is 7.51. The van der Waals surface area contributed by atoms with Gasteiger partial charge in [-0.25, -0.2) is 14.6 Å². The molecule has 0 bridgehead atoms. The number of ether oxygens (including phenoxy) is 2. The first-order chi connectivity index (χ1) is 16.8. The average molecular weight is 528 g/mol. The summed E-state index contributed by atoms with van der Waals surface area (Å²) in [6.07, 6.45) is -2.53. The predicted octanol–water partition coefficient (Wildman–Crippen LogP) is 3.75. The fourth-order valence-corrected chi connectivity index (χ4v) is 3.50. The molecule has 0 amide bonds. The van der Waals surface area contributed by atoms with E-state index in [2.05, 4.69) is 9.88 Å². The maximum absolute atomic E-state index is 10.6. The second-order valence-corrected chi connectivity index (χ2v) is 7.51. The van der Waals surface area contributed by atoms with Crippen molar-refractivity contribution in [2.75, 3.05) is 13.2 Å². The van der Waals surface area contributed by atoms with Gasteiger partial charge >= 0.3 is 24.3 Å². The van der Waals surface area contributed by atoms with Gasteiger partial charge in [0.15, 0.2) is 0 Å². The molecule has 0 spiro atoms. The number of nitrogens with zero attached hydrogens (tertiary/aromatic N) is 2. The molecule has 9 nitrogen and oxygen atoms in total. The quantitative estimate of drug-likeness (QED) is 0.572. The lowest BCUT2D eigenvalue weighted by atomic mass is 10.1. The third-order valence-corrected chi connectivity index (χ3v) is 5.01. The van der Waals surface area contributed by atoms with E-state index in [1.54, 1.807) is 12.5 Å². The molecule has 0 radical (unpaired) electrons. The van der Waals surface area contributed by atoms with Crippen molar-refractivity contribution in [1.82, 2.24) is 9.88 Å². The Hall–Kier alpha value is -3.33. The zero-order chi connectivity index (χ0) is 26.9. The number of rotatable bonds is 4. The van der Waals surface area contributed by atoms with Crippen molar-refractivity contribution in [1.29, 1.82) is 0 Å². The van der Waals surface area contributed by atoms with Gasteiger partial charge in [0.1, 0.15) is 12.2 Å². The monoisotopic (exact) mass is 528 g/mol. The number of fused-ring (bicyclic) bond motifs is 1. The van der Waals surface area contributed by atoms with Crippen LogP contribution in [0.5, 0.6) is 5.88 Å². The topological polar surface area (TPSA) is 122 Å². The summed E-state index contributed by atoms with van der Waals surface area (Å²) in [6.45, 7) is 2.63. The highest BCUT2D eigenvalue weighted by Gasteiger charge is 2.44. The number of carboxylic acids is 2. The molecule has 15 heteroatoms. The third kappa shape index (κ3) is 9.03. The van der Waals surface area contributed by atoms with Crippen LogP contribution in [0.25, 0.3) is 0 Å². The van der Waals surface area contributed by atoms with E-state index in [9.17, 15) is 26.3 Å². The third-order valence-electron chi connectivity index (χ3n) is 5.01. The van der Waals surface area contributed by atoms with Gasteiger partial charge in [0.2, 0.25) is 5.88 Å². The predicted molar refractivity (Wildman–Crippen MR) is 108 cm³/mol. The fraction of sp³-hybridized carbons (Fsp3) is 0.476. The molecule has 36 heavy (non-hydrogen) atoms. The standard InChI is InChI=1S/C17H20N2O3.2C2HF3O2/c1-2-7-18-16(3-1)22-15-5-4-14-17(15)21-10-8-19(14)11-13-6-9-20-12-13;2*3-2(4,5)1(6)7/h1-3,6-7,9,12,14-15,17H,4-5,8,10-11H2;2*(H,6,7)/t14-,15+,17+;;/m0../s1. The van der Waals surface area contributed by atoms with Gasteiger partial charge < -0.3 is 24.1 Å². The van der Waals surface area contributed by atoms with Crippen LogP contribution in [0.2, 0.25) is 0 Å². The van der Waals surface area contributed by atoms with Crippen LogP contribution in [-0.4, -0.2) is 75.8 Å². The molecule has 3 heterocycles. The zero-order valence-electron chi connectivity index (χ0n) is 18.4. The van der Waals surface area contributed by atoms with Crippen molar-refractivity contribution < 1.29 is 60.0 Å². The summed E-state index contributed by atoms with van der Waals surface area (Å²) in [7, 11) is 0. The van der Waals surface area contributed by atoms with Gasteiger partial charge in [0.05, 0.1) is 19.1 Å². The fourth-order valence-electron chi connectivity index (χ4n) is 3.50. The molecule has 0 aromatic carbocycles. The molecule has 200 valence electrons. The molecule has 2 N–H and O–H groups in total. The van der Waals surface area contributed by atoms with Gasteiger partial charge in [0, 0.05) is 37.0 Å². The molecule has 1 saturated carbocycles. The summed E-state index contributed by atoms with van der Waals surface area (Å²) >= 11 is 0. The number of hydrogen-bond acceptors (Lipinski definition) is 7. The van der Waals surface area contributed by atoms with Gasteiger partial charge in [-0.15, -0.1) is 0 Å². The minimum atomic E-state index is -5.08. The van der Waals surface area contributed by atoms with Crippen molar-refractivity contribution >= 4 is 11.9 Å².